The third kappa shape index (κ3) is 3.94. The first-order chi connectivity index (χ1) is 11.7. The van der Waals surface area contributed by atoms with Gasteiger partial charge in [-0.1, -0.05) is 35.8 Å². The van der Waals surface area contributed by atoms with E-state index < -0.39 is 0 Å². The van der Waals surface area contributed by atoms with E-state index in [4.69, 9.17) is 9.97 Å². The Morgan fingerprint density at radius 2 is 2.00 bits per heavy atom. The number of fused-ring (bicyclic) bond motifs is 1. The van der Waals surface area contributed by atoms with Gasteiger partial charge in [-0.2, -0.15) is 0 Å². The SMILES string of the molecule is CCN(CC)CCNc1nc(-c2cccs2)nc2ccc(Br)cc12. The van der Waals surface area contributed by atoms with Gasteiger partial charge in [0.05, 0.1) is 10.4 Å². The summed E-state index contributed by atoms with van der Waals surface area (Å²) >= 11 is 5.21. The van der Waals surface area contributed by atoms with Crippen LogP contribution in [0.2, 0.25) is 0 Å². The predicted molar refractivity (Wildman–Crippen MR) is 107 cm³/mol. The largest absolute Gasteiger partial charge is 0.368 e. The highest BCUT2D eigenvalue weighted by molar-refractivity contribution is 9.10. The van der Waals surface area contributed by atoms with Crippen molar-refractivity contribution in [3.8, 4) is 10.7 Å². The fourth-order valence-electron chi connectivity index (χ4n) is 2.62. The zero-order valence-corrected chi connectivity index (χ0v) is 16.3. The molecule has 0 aliphatic heterocycles. The number of aromatic nitrogens is 2. The number of halogens is 1. The summed E-state index contributed by atoms with van der Waals surface area (Å²) in [4.78, 5) is 13.0. The normalized spacial score (nSPS) is 11.3. The van der Waals surface area contributed by atoms with E-state index in [2.05, 4.69) is 57.5 Å². The van der Waals surface area contributed by atoms with Crippen molar-refractivity contribution >= 4 is 44.0 Å². The summed E-state index contributed by atoms with van der Waals surface area (Å²) in [7, 11) is 0. The predicted octanol–water partition coefficient (Wildman–Crippen LogP) is 4.87. The van der Waals surface area contributed by atoms with Gasteiger partial charge >= 0.3 is 0 Å². The molecule has 0 amide bonds. The smallest absolute Gasteiger partial charge is 0.172 e. The molecule has 0 saturated heterocycles. The van der Waals surface area contributed by atoms with Gasteiger partial charge in [0.25, 0.3) is 0 Å². The zero-order chi connectivity index (χ0) is 16.9. The summed E-state index contributed by atoms with van der Waals surface area (Å²) in [6, 6.07) is 10.2. The van der Waals surface area contributed by atoms with Gasteiger partial charge in [0.1, 0.15) is 5.82 Å². The minimum atomic E-state index is 0.783. The van der Waals surface area contributed by atoms with Crippen LogP contribution in [0.25, 0.3) is 21.6 Å². The molecule has 0 bridgehead atoms. The molecule has 0 fully saturated rings. The highest BCUT2D eigenvalue weighted by Crippen LogP contribution is 2.29. The fourth-order valence-corrected chi connectivity index (χ4v) is 3.64. The van der Waals surface area contributed by atoms with Gasteiger partial charge in [0, 0.05) is 22.9 Å². The lowest BCUT2D eigenvalue weighted by Gasteiger charge is -2.18. The van der Waals surface area contributed by atoms with E-state index in [1.54, 1.807) is 11.3 Å². The van der Waals surface area contributed by atoms with Gasteiger partial charge in [0.15, 0.2) is 5.82 Å². The molecule has 0 spiro atoms. The molecule has 1 aromatic carbocycles. The maximum atomic E-state index is 4.78. The van der Waals surface area contributed by atoms with Crippen LogP contribution in [-0.2, 0) is 0 Å². The Balaban J connectivity index is 1.92. The minimum absolute atomic E-state index is 0.783. The third-order valence-electron chi connectivity index (χ3n) is 4.01. The number of hydrogen-bond donors (Lipinski definition) is 1. The number of rotatable bonds is 7. The van der Waals surface area contributed by atoms with Crippen molar-refractivity contribution in [2.45, 2.75) is 13.8 Å². The summed E-state index contributed by atoms with van der Waals surface area (Å²) in [5.41, 5.74) is 0.960. The molecule has 126 valence electrons. The van der Waals surface area contributed by atoms with Crippen molar-refractivity contribution in [3.05, 3.63) is 40.2 Å². The molecule has 6 heteroatoms. The third-order valence-corrected chi connectivity index (χ3v) is 5.37. The molecule has 0 radical (unpaired) electrons. The van der Waals surface area contributed by atoms with E-state index in [0.717, 1.165) is 58.1 Å². The lowest BCUT2D eigenvalue weighted by molar-refractivity contribution is 0.316. The van der Waals surface area contributed by atoms with Crippen LogP contribution in [0, 0.1) is 0 Å². The second-order valence-electron chi connectivity index (χ2n) is 5.49. The van der Waals surface area contributed by atoms with E-state index >= 15 is 0 Å². The Bertz CT molecular complexity index is 800. The van der Waals surface area contributed by atoms with Crippen LogP contribution in [0.15, 0.2) is 40.2 Å². The molecule has 0 saturated carbocycles. The van der Waals surface area contributed by atoms with Crippen LogP contribution in [-0.4, -0.2) is 41.0 Å². The Morgan fingerprint density at radius 1 is 1.17 bits per heavy atom. The molecule has 0 atom stereocenters. The van der Waals surface area contributed by atoms with Crippen molar-refractivity contribution in [2.24, 2.45) is 0 Å². The summed E-state index contributed by atoms with van der Waals surface area (Å²) in [5, 5.41) is 6.61. The van der Waals surface area contributed by atoms with Gasteiger partial charge in [-0.25, -0.2) is 9.97 Å². The average molecular weight is 405 g/mol. The van der Waals surface area contributed by atoms with Crippen LogP contribution in [0.3, 0.4) is 0 Å². The maximum absolute atomic E-state index is 4.78. The number of benzene rings is 1. The maximum Gasteiger partial charge on any atom is 0.172 e. The number of nitrogens with zero attached hydrogens (tertiary/aromatic N) is 3. The molecule has 0 aliphatic carbocycles. The number of thiophene rings is 1. The second-order valence-corrected chi connectivity index (χ2v) is 7.35. The Hall–Kier alpha value is -1.50. The molecule has 0 aliphatic rings. The van der Waals surface area contributed by atoms with Crippen molar-refractivity contribution in [3.63, 3.8) is 0 Å². The number of nitrogens with one attached hydrogen (secondary N) is 1. The first-order valence-electron chi connectivity index (χ1n) is 8.18. The van der Waals surface area contributed by atoms with Crippen molar-refractivity contribution < 1.29 is 0 Å². The van der Waals surface area contributed by atoms with E-state index in [-0.39, 0.29) is 0 Å². The molecular weight excluding hydrogens is 384 g/mol. The molecular formula is C18H21BrN4S. The summed E-state index contributed by atoms with van der Waals surface area (Å²) < 4.78 is 1.04. The standard InChI is InChI=1S/C18H21BrN4S/c1-3-23(4-2)10-9-20-17-14-12-13(19)7-8-15(14)21-18(22-17)16-6-5-11-24-16/h5-8,11-12H,3-4,9-10H2,1-2H3,(H,20,21,22). The van der Waals surface area contributed by atoms with Crippen LogP contribution in [0.4, 0.5) is 5.82 Å². The van der Waals surface area contributed by atoms with Crippen molar-refractivity contribution in [1.29, 1.82) is 0 Å². The highest BCUT2D eigenvalue weighted by Gasteiger charge is 2.11. The molecule has 2 aromatic heterocycles. The van der Waals surface area contributed by atoms with Gasteiger partial charge in [-0.15, -0.1) is 11.3 Å². The van der Waals surface area contributed by atoms with Gasteiger partial charge < -0.3 is 10.2 Å². The molecule has 2 heterocycles. The second kappa shape index (κ2) is 8.05. The first kappa shape index (κ1) is 17.3. The summed E-state index contributed by atoms with van der Waals surface area (Å²) in [5.74, 6) is 1.68. The molecule has 4 nitrogen and oxygen atoms in total. The van der Waals surface area contributed by atoms with E-state index in [0.29, 0.717) is 0 Å². The summed E-state index contributed by atoms with van der Waals surface area (Å²) in [6.07, 6.45) is 0. The Kier molecular flexibility index (Phi) is 5.81. The van der Waals surface area contributed by atoms with E-state index in [1.165, 1.54) is 0 Å². The van der Waals surface area contributed by atoms with Gasteiger partial charge in [-0.3, -0.25) is 0 Å². The monoisotopic (exact) mass is 404 g/mol. The number of anilines is 1. The van der Waals surface area contributed by atoms with E-state index in [1.807, 2.05) is 18.2 Å². The molecule has 3 rings (SSSR count). The van der Waals surface area contributed by atoms with Crippen LogP contribution in [0.5, 0.6) is 0 Å². The Morgan fingerprint density at radius 3 is 2.71 bits per heavy atom. The summed E-state index contributed by atoms with van der Waals surface area (Å²) in [6.45, 7) is 8.37. The lowest BCUT2D eigenvalue weighted by atomic mass is 10.2. The topological polar surface area (TPSA) is 41.0 Å². The molecule has 1 N–H and O–H groups in total. The highest BCUT2D eigenvalue weighted by atomic mass is 79.9. The lowest BCUT2D eigenvalue weighted by Crippen LogP contribution is -2.28. The Labute approximate surface area is 155 Å². The van der Waals surface area contributed by atoms with Crippen LogP contribution in [0.1, 0.15) is 13.8 Å². The van der Waals surface area contributed by atoms with Gasteiger partial charge in [0.2, 0.25) is 0 Å². The van der Waals surface area contributed by atoms with Crippen molar-refractivity contribution in [1.82, 2.24) is 14.9 Å². The van der Waals surface area contributed by atoms with E-state index in [9.17, 15) is 0 Å². The fraction of sp³-hybridized carbons (Fsp3) is 0.333. The van der Waals surface area contributed by atoms with Crippen molar-refractivity contribution in [2.75, 3.05) is 31.5 Å². The zero-order valence-electron chi connectivity index (χ0n) is 13.9. The molecule has 3 aromatic rings. The quantitative estimate of drug-likeness (QED) is 0.609. The van der Waals surface area contributed by atoms with Crippen LogP contribution < -0.4 is 5.32 Å². The number of likely N-dealkylation sites (N-methyl/N-ethyl adjacent to an activating group) is 1. The van der Waals surface area contributed by atoms with Crippen LogP contribution >= 0.6 is 27.3 Å². The first-order valence-corrected chi connectivity index (χ1v) is 9.86. The number of hydrogen-bond acceptors (Lipinski definition) is 5. The average Bonchev–Trinajstić information content (AvgIpc) is 3.13. The molecule has 24 heavy (non-hydrogen) atoms. The van der Waals surface area contributed by atoms with Gasteiger partial charge in [-0.05, 0) is 42.7 Å². The molecule has 0 unspecified atom stereocenters. The minimum Gasteiger partial charge on any atom is -0.368 e.